The van der Waals surface area contributed by atoms with Crippen molar-refractivity contribution in [1.29, 1.82) is 0 Å². The average Bonchev–Trinajstić information content (AvgIpc) is 3.11. The zero-order valence-corrected chi connectivity index (χ0v) is 23.4. The first-order valence-corrected chi connectivity index (χ1v) is 14.7. The van der Waals surface area contributed by atoms with Crippen molar-refractivity contribution in [1.82, 2.24) is 10.2 Å². The Morgan fingerprint density at radius 2 is 1.68 bits per heavy atom. The SMILES string of the molecule is CCC(C(=O)NCC(C)C)N(Cc1ccc(C)cc1)C(=O)CCCN1c2cccc3cccc(c23)S1(=O)=O. The smallest absolute Gasteiger partial charge is 0.265 e. The number of anilines is 1. The van der Waals surface area contributed by atoms with Gasteiger partial charge in [0.1, 0.15) is 6.04 Å². The highest BCUT2D eigenvalue weighted by Gasteiger charge is 2.35. The molecule has 3 aromatic rings. The van der Waals surface area contributed by atoms with E-state index in [2.05, 4.69) is 5.32 Å². The lowest BCUT2D eigenvalue weighted by atomic mass is 10.1. The number of hydrogen-bond acceptors (Lipinski definition) is 4. The highest BCUT2D eigenvalue weighted by molar-refractivity contribution is 7.93. The fourth-order valence-electron chi connectivity index (χ4n) is 4.95. The summed E-state index contributed by atoms with van der Waals surface area (Å²) in [6.07, 6.45) is 0.967. The van der Waals surface area contributed by atoms with Crippen LogP contribution in [0.1, 0.15) is 51.2 Å². The monoisotopic (exact) mass is 535 g/mol. The van der Waals surface area contributed by atoms with Gasteiger partial charge in [0.2, 0.25) is 11.8 Å². The molecule has 1 N–H and O–H groups in total. The normalized spacial score (nSPS) is 14.6. The maximum atomic E-state index is 13.6. The van der Waals surface area contributed by atoms with Gasteiger partial charge in [0.05, 0.1) is 10.6 Å². The summed E-state index contributed by atoms with van der Waals surface area (Å²) in [5, 5.41) is 4.59. The molecule has 0 saturated carbocycles. The van der Waals surface area contributed by atoms with Crippen molar-refractivity contribution in [2.24, 2.45) is 5.92 Å². The second-order valence-electron chi connectivity index (χ2n) is 10.4. The predicted molar refractivity (Wildman–Crippen MR) is 151 cm³/mol. The first-order valence-electron chi connectivity index (χ1n) is 13.3. The van der Waals surface area contributed by atoms with Gasteiger partial charge < -0.3 is 10.2 Å². The second kappa shape index (κ2) is 11.6. The van der Waals surface area contributed by atoms with Crippen molar-refractivity contribution < 1.29 is 18.0 Å². The molecule has 0 bridgehead atoms. The van der Waals surface area contributed by atoms with E-state index >= 15 is 0 Å². The number of nitrogens with zero attached hydrogens (tertiary/aromatic N) is 2. The van der Waals surface area contributed by atoms with E-state index in [9.17, 15) is 18.0 Å². The molecule has 0 aromatic heterocycles. The van der Waals surface area contributed by atoms with E-state index in [1.54, 1.807) is 17.0 Å². The van der Waals surface area contributed by atoms with Crippen LogP contribution in [0.15, 0.2) is 65.6 Å². The molecular formula is C30H37N3O4S. The molecule has 0 aliphatic carbocycles. The Hall–Kier alpha value is -3.39. The van der Waals surface area contributed by atoms with E-state index < -0.39 is 16.1 Å². The highest BCUT2D eigenvalue weighted by atomic mass is 32.2. The summed E-state index contributed by atoms with van der Waals surface area (Å²) in [6, 6.07) is 18.2. The molecule has 0 saturated heterocycles. The number of rotatable bonds is 11. The maximum absolute atomic E-state index is 13.6. The lowest BCUT2D eigenvalue weighted by Crippen LogP contribution is -2.49. The van der Waals surface area contributed by atoms with Crippen molar-refractivity contribution in [2.45, 2.75) is 64.4 Å². The van der Waals surface area contributed by atoms with E-state index in [1.165, 1.54) is 4.31 Å². The van der Waals surface area contributed by atoms with Crippen LogP contribution < -0.4 is 9.62 Å². The third kappa shape index (κ3) is 5.70. The number of carbonyl (C=O) groups is 2. The largest absolute Gasteiger partial charge is 0.354 e. The molecule has 0 radical (unpaired) electrons. The molecule has 1 unspecified atom stereocenters. The molecule has 3 aromatic carbocycles. The maximum Gasteiger partial charge on any atom is 0.265 e. The summed E-state index contributed by atoms with van der Waals surface area (Å²) < 4.78 is 28.0. The van der Waals surface area contributed by atoms with E-state index in [0.29, 0.717) is 42.4 Å². The van der Waals surface area contributed by atoms with Crippen LogP contribution in [0.3, 0.4) is 0 Å². The van der Waals surface area contributed by atoms with Crippen LogP contribution in [-0.2, 0) is 26.2 Å². The minimum atomic E-state index is -3.67. The first-order chi connectivity index (χ1) is 18.1. The molecule has 1 aliphatic rings. The zero-order chi connectivity index (χ0) is 27.4. The van der Waals surface area contributed by atoms with E-state index in [1.807, 2.05) is 76.2 Å². The molecule has 0 fully saturated rings. The van der Waals surface area contributed by atoms with Crippen LogP contribution in [-0.4, -0.2) is 44.3 Å². The van der Waals surface area contributed by atoms with E-state index in [0.717, 1.165) is 21.9 Å². The summed E-state index contributed by atoms with van der Waals surface area (Å²) >= 11 is 0. The van der Waals surface area contributed by atoms with Crippen LogP contribution in [0.5, 0.6) is 0 Å². The van der Waals surface area contributed by atoms with E-state index in [-0.39, 0.29) is 24.8 Å². The van der Waals surface area contributed by atoms with Crippen molar-refractivity contribution in [3.8, 4) is 0 Å². The van der Waals surface area contributed by atoms with E-state index in [4.69, 9.17) is 0 Å². The number of sulfonamides is 1. The predicted octanol–water partition coefficient (Wildman–Crippen LogP) is 5.02. The van der Waals surface area contributed by atoms with Crippen molar-refractivity contribution >= 4 is 38.3 Å². The lowest BCUT2D eigenvalue weighted by Gasteiger charge is -2.31. The molecule has 202 valence electrons. The third-order valence-corrected chi connectivity index (χ3v) is 8.83. The van der Waals surface area contributed by atoms with Gasteiger partial charge in [0.25, 0.3) is 10.0 Å². The van der Waals surface area contributed by atoms with Gasteiger partial charge in [-0.05, 0) is 48.8 Å². The second-order valence-corrected chi connectivity index (χ2v) is 12.2. The molecule has 1 heterocycles. The van der Waals surface area contributed by atoms with Crippen LogP contribution in [0, 0.1) is 12.8 Å². The van der Waals surface area contributed by atoms with Crippen LogP contribution in [0.2, 0.25) is 0 Å². The fraction of sp³-hybridized carbons (Fsp3) is 0.400. The summed E-state index contributed by atoms with van der Waals surface area (Å²) in [6.45, 7) is 9.02. The lowest BCUT2D eigenvalue weighted by molar-refractivity contribution is -0.141. The number of aryl methyl sites for hydroxylation is 1. The molecule has 38 heavy (non-hydrogen) atoms. The Morgan fingerprint density at radius 3 is 2.34 bits per heavy atom. The summed E-state index contributed by atoms with van der Waals surface area (Å²) in [5.74, 6) is -0.0240. The molecular weight excluding hydrogens is 498 g/mol. The Bertz CT molecular complexity index is 1410. The average molecular weight is 536 g/mol. The number of amides is 2. The van der Waals surface area contributed by atoms with Crippen LogP contribution >= 0.6 is 0 Å². The summed E-state index contributed by atoms with van der Waals surface area (Å²) in [7, 11) is -3.67. The Kier molecular flexibility index (Phi) is 8.41. The number of carbonyl (C=O) groups excluding carboxylic acids is 2. The molecule has 0 spiro atoms. The topological polar surface area (TPSA) is 86.8 Å². The number of nitrogens with one attached hydrogen (secondary N) is 1. The fourth-order valence-corrected chi connectivity index (χ4v) is 6.70. The van der Waals surface area contributed by atoms with Crippen molar-refractivity contribution in [2.75, 3.05) is 17.4 Å². The first kappa shape index (κ1) is 27.6. The Labute approximate surface area is 225 Å². The molecule has 1 atom stereocenters. The van der Waals surface area contributed by atoms with Gasteiger partial charge in [0, 0.05) is 31.4 Å². The van der Waals surface area contributed by atoms with Gasteiger partial charge >= 0.3 is 0 Å². The minimum absolute atomic E-state index is 0.137. The molecule has 1 aliphatic heterocycles. The minimum Gasteiger partial charge on any atom is -0.354 e. The van der Waals surface area contributed by atoms with Crippen LogP contribution in [0.25, 0.3) is 10.8 Å². The summed E-state index contributed by atoms with van der Waals surface area (Å²) in [5.41, 5.74) is 2.72. The van der Waals surface area contributed by atoms with Crippen LogP contribution in [0.4, 0.5) is 5.69 Å². The number of benzene rings is 3. The summed E-state index contributed by atoms with van der Waals surface area (Å²) in [4.78, 5) is 28.6. The van der Waals surface area contributed by atoms with Crippen molar-refractivity contribution in [3.05, 3.63) is 71.8 Å². The standard InChI is InChI=1S/C30H37N3O4S/c1-5-25(30(35)31-19-21(2)3)32(20-23-16-14-22(4)15-17-23)28(34)13-8-18-33-26-11-6-9-24-10-7-12-27(29(24)26)38(33,36)37/h6-7,9-12,14-17,21,25H,5,8,13,18-20H2,1-4H3,(H,31,35). The zero-order valence-electron chi connectivity index (χ0n) is 22.6. The van der Waals surface area contributed by atoms with Gasteiger partial charge in [0.15, 0.2) is 0 Å². The van der Waals surface area contributed by atoms with Gasteiger partial charge in [-0.2, -0.15) is 0 Å². The number of hydrogen-bond donors (Lipinski definition) is 1. The molecule has 7 nitrogen and oxygen atoms in total. The van der Waals surface area contributed by atoms with Gasteiger partial charge in [-0.15, -0.1) is 0 Å². The Balaban J connectivity index is 1.51. The highest BCUT2D eigenvalue weighted by Crippen LogP contribution is 2.42. The van der Waals surface area contributed by atoms with Crippen molar-refractivity contribution in [3.63, 3.8) is 0 Å². The molecule has 2 amide bonds. The molecule has 8 heteroatoms. The quantitative estimate of drug-likeness (QED) is 0.374. The third-order valence-electron chi connectivity index (χ3n) is 6.98. The van der Waals surface area contributed by atoms with Gasteiger partial charge in [-0.25, -0.2) is 8.42 Å². The molecule has 4 rings (SSSR count). The van der Waals surface area contributed by atoms with Gasteiger partial charge in [-0.1, -0.05) is 74.9 Å². The Morgan fingerprint density at radius 1 is 1.00 bits per heavy atom. The van der Waals surface area contributed by atoms with Gasteiger partial charge in [-0.3, -0.25) is 13.9 Å².